The fourth-order valence-corrected chi connectivity index (χ4v) is 2.78. The molecule has 0 atom stereocenters. The highest BCUT2D eigenvalue weighted by Crippen LogP contribution is 2.44. The average Bonchev–Trinajstić information content (AvgIpc) is 2.26. The zero-order chi connectivity index (χ0) is 11.1. The van der Waals surface area contributed by atoms with Gasteiger partial charge in [-0.1, -0.05) is 17.8 Å². The van der Waals surface area contributed by atoms with Gasteiger partial charge in [-0.05, 0) is 42.8 Å². The van der Waals surface area contributed by atoms with Gasteiger partial charge in [-0.3, -0.25) is 0 Å². The molecule has 0 aromatic heterocycles. The third kappa shape index (κ3) is 1.53. The molecule has 80 valence electrons. The Labute approximate surface area is 98.9 Å². The number of nitrogen functional groups attached to an aromatic ring is 1. The molecule has 0 aliphatic carbocycles. The Morgan fingerprint density at radius 3 is 2.50 bits per heavy atom. The SMILES string of the molecule is Cc1ccc2c(c1)Nc1cc(N)ccc1S2. The molecule has 0 amide bonds. The van der Waals surface area contributed by atoms with Crippen LogP contribution in [-0.4, -0.2) is 0 Å². The molecule has 0 unspecified atom stereocenters. The molecule has 3 rings (SSSR count). The van der Waals surface area contributed by atoms with Gasteiger partial charge in [0.15, 0.2) is 0 Å². The minimum absolute atomic E-state index is 0.794. The van der Waals surface area contributed by atoms with Crippen LogP contribution in [0.1, 0.15) is 5.56 Å². The summed E-state index contributed by atoms with van der Waals surface area (Å²) in [5.74, 6) is 0. The van der Waals surface area contributed by atoms with Crippen molar-refractivity contribution in [3.05, 3.63) is 42.0 Å². The molecule has 2 aromatic rings. The Morgan fingerprint density at radius 1 is 1.00 bits per heavy atom. The smallest absolute Gasteiger partial charge is 0.0547 e. The topological polar surface area (TPSA) is 38.0 Å². The quantitative estimate of drug-likeness (QED) is 0.575. The van der Waals surface area contributed by atoms with Crippen molar-refractivity contribution < 1.29 is 0 Å². The summed E-state index contributed by atoms with van der Waals surface area (Å²) >= 11 is 1.78. The van der Waals surface area contributed by atoms with E-state index in [4.69, 9.17) is 5.73 Å². The number of nitrogens with one attached hydrogen (secondary N) is 1. The first-order valence-corrected chi connectivity index (χ1v) is 5.99. The normalized spacial score (nSPS) is 12.6. The number of aryl methyl sites for hydroxylation is 1. The van der Waals surface area contributed by atoms with Gasteiger partial charge >= 0.3 is 0 Å². The second-order valence-corrected chi connectivity index (χ2v) is 5.07. The van der Waals surface area contributed by atoms with Crippen LogP contribution < -0.4 is 11.1 Å². The Hall–Kier alpha value is -1.61. The van der Waals surface area contributed by atoms with Gasteiger partial charge in [0.1, 0.15) is 0 Å². The predicted molar refractivity (Wildman–Crippen MR) is 69.4 cm³/mol. The van der Waals surface area contributed by atoms with Crippen molar-refractivity contribution in [3.8, 4) is 0 Å². The van der Waals surface area contributed by atoms with Gasteiger partial charge in [0.2, 0.25) is 0 Å². The lowest BCUT2D eigenvalue weighted by molar-refractivity contribution is 1.29. The van der Waals surface area contributed by atoms with Crippen molar-refractivity contribution in [1.29, 1.82) is 0 Å². The van der Waals surface area contributed by atoms with E-state index in [1.165, 1.54) is 21.0 Å². The third-order valence-corrected chi connectivity index (χ3v) is 3.78. The van der Waals surface area contributed by atoms with E-state index in [2.05, 4.69) is 36.5 Å². The van der Waals surface area contributed by atoms with Gasteiger partial charge in [0.05, 0.1) is 11.4 Å². The predicted octanol–water partition coefficient (Wildman–Crippen LogP) is 3.79. The van der Waals surface area contributed by atoms with E-state index in [0.29, 0.717) is 0 Å². The highest BCUT2D eigenvalue weighted by atomic mass is 32.2. The third-order valence-electron chi connectivity index (χ3n) is 2.63. The van der Waals surface area contributed by atoms with Crippen molar-refractivity contribution >= 4 is 28.8 Å². The first-order valence-electron chi connectivity index (χ1n) is 5.17. The summed E-state index contributed by atoms with van der Waals surface area (Å²) in [5.41, 5.74) is 10.1. The molecule has 1 heterocycles. The van der Waals surface area contributed by atoms with E-state index < -0.39 is 0 Å². The molecular formula is C13H12N2S. The van der Waals surface area contributed by atoms with Crippen molar-refractivity contribution in [3.63, 3.8) is 0 Å². The first-order chi connectivity index (χ1) is 7.72. The Morgan fingerprint density at radius 2 is 1.69 bits per heavy atom. The van der Waals surface area contributed by atoms with Crippen LogP contribution in [0.25, 0.3) is 0 Å². The van der Waals surface area contributed by atoms with Crippen molar-refractivity contribution in [2.24, 2.45) is 0 Å². The molecule has 0 saturated carbocycles. The summed E-state index contributed by atoms with van der Waals surface area (Å²) in [6.45, 7) is 2.10. The lowest BCUT2D eigenvalue weighted by Gasteiger charge is -2.21. The Bertz CT molecular complexity index is 514. The monoisotopic (exact) mass is 228 g/mol. The maximum absolute atomic E-state index is 5.78. The van der Waals surface area contributed by atoms with E-state index in [1.807, 2.05) is 12.1 Å². The largest absolute Gasteiger partial charge is 0.399 e. The summed E-state index contributed by atoms with van der Waals surface area (Å²) in [6, 6.07) is 12.4. The molecule has 0 saturated heterocycles. The van der Waals surface area contributed by atoms with Crippen LogP contribution in [0.3, 0.4) is 0 Å². The number of fused-ring (bicyclic) bond motifs is 2. The summed E-state index contributed by atoms with van der Waals surface area (Å²) in [4.78, 5) is 2.49. The van der Waals surface area contributed by atoms with Crippen LogP contribution in [0.15, 0.2) is 46.2 Å². The number of hydrogen-bond acceptors (Lipinski definition) is 3. The van der Waals surface area contributed by atoms with Gasteiger partial charge in [-0.2, -0.15) is 0 Å². The number of nitrogens with two attached hydrogens (primary N) is 1. The molecule has 1 aliphatic heterocycles. The van der Waals surface area contributed by atoms with Crippen LogP contribution >= 0.6 is 11.8 Å². The molecule has 0 radical (unpaired) electrons. The maximum Gasteiger partial charge on any atom is 0.0547 e. The Balaban J connectivity index is 2.10. The lowest BCUT2D eigenvalue weighted by Crippen LogP contribution is -2.00. The summed E-state index contributed by atoms with van der Waals surface area (Å²) in [6.07, 6.45) is 0. The zero-order valence-corrected chi connectivity index (χ0v) is 9.77. The van der Waals surface area contributed by atoms with Crippen LogP contribution in [0.5, 0.6) is 0 Å². The minimum Gasteiger partial charge on any atom is -0.399 e. The van der Waals surface area contributed by atoms with Crippen LogP contribution in [0, 0.1) is 6.92 Å². The van der Waals surface area contributed by atoms with Crippen LogP contribution in [-0.2, 0) is 0 Å². The lowest BCUT2D eigenvalue weighted by atomic mass is 10.2. The van der Waals surface area contributed by atoms with Gasteiger partial charge in [-0.25, -0.2) is 0 Å². The van der Waals surface area contributed by atoms with E-state index in [9.17, 15) is 0 Å². The summed E-state index contributed by atoms with van der Waals surface area (Å²) < 4.78 is 0. The molecule has 2 nitrogen and oxygen atoms in total. The minimum atomic E-state index is 0.794. The van der Waals surface area contributed by atoms with Gasteiger partial charge < -0.3 is 11.1 Å². The van der Waals surface area contributed by atoms with Crippen LogP contribution in [0.4, 0.5) is 17.1 Å². The summed E-state index contributed by atoms with van der Waals surface area (Å²) in [7, 11) is 0. The molecule has 0 spiro atoms. The number of anilines is 3. The van der Waals surface area contributed by atoms with E-state index in [1.54, 1.807) is 11.8 Å². The van der Waals surface area contributed by atoms with E-state index in [0.717, 1.165) is 11.4 Å². The molecule has 0 fully saturated rings. The molecule has 0 bridgehead atoms. The molecule has 2 aromatic carbocycles. The standard InChI is InChI=1S/C13H12N2S/c1-8-2-4-12-10(6-8)15-11-7-9(14)3-5-13(11)16-12/h2-7,15H,14H2,1H3. The number of hydrogen-bond donors (Lipinski definition) is 2. The van der Waals surface area contributed by atoms with Gasteiger partial charge in [0, 0.05) is 15.5 Å². The molecule has 3 N–H and O–H groups in total. The highest BCUT2D eigenvalue weighted by Gasteiger charge is 2.15. The number of rotatable bonds is 0. The molecule has 3 heteroatoms. The average molecular weight is 228 g/mol. The Kier molecular flexibility index (Phi) is 2.07. The molecular weight excluding hydrogens is 216 g/mol. The fraction of sp³-hybridized carbons (Fsp3) is 0.0769. The summed E-state index contributed by atoms with van der Waals surface area (Å²) in [5, 5.41) is 3.42. The number of benzene rings is 2. The van der Waals surface area contributed by atoms with Gasteiger partial charge in [-0.15, -0.1) is 0 Å². The van der Waals surface area contributed by atoms with Gasteiger partial charge in [0.25, 0.3) is 0 Å². The maximum atomic E-state index is 5.78. The molecule has 16 heavy (non-hydrogen) atoms. The second kappa shape index (κ2) is 3.46. The van der Waals surface area contributed by atoms with Crippen LogP contribution in [0.2, 0.25) is 0 Å². The highest BCUT2D eigenvalue weighted by molar-refractivity contribution is 7.99. The molecule has 1 aliphatic rings. The van der Waals surface area contributed by atoms with Crippen molar-refractivity contribution in [2.75, 3.05) is 11.1 Å². The van der Waals surface area contributed by atoms with Crippen molar-refractivity contribution in [1.82, 2.24) is 0 Å². The van der Waals surface area contributed by atoms with E-state index >= 15 is 0 Å². The second-order valence-electron chi connectivity index (χ2n) is 3.98. The first kappa shape index (κ1) is 9.60. The fourth-order valence-electron chi connectivity index (χ4n) is 1.83. The van der Waals surface area contributed by atoms with Crippen molar-refractivity contribution in [2.45, 2.75) is 16.7 Å². The van der Waals surface area contributed by atoms with E-state index in [-0.39, 0.29) is 0 Å². The zero-order valence-electron chi connectivity index (χ0n) is 8.95.